The summed E-state index contributed by atoms with van der Waals surface area (Å²) in [5, 5.41) is 3.57. The van der Waals surface area contributed by atoms with Crippen LogP contribution in [-0.4, -0.2) is 61.6 Å². The minimum Gasteiger partial charge on any atom is -0.357 e. The first-order valence-corrected chi connectivity index (χ1v) is 10.5. The van der Waals surface area contributed by atoms with Crippen molar-refractivity contribution in [2.45, 2.75) is 65.2 Å². The Balaban J connectivity index is 0.00000225. The molecule has 1 spiro atoms. The maximum Gasteiger partial charge on any atom is 0.193 e. The molecule has 3 aliphatic rings. The van der Waals surface area contributed by atoms with Crippen LogP contribution in [0.3, 0.4) is 0 Å². The lowest BCUT2D eigenvalue weighted by Gasteiger charge is -2.34. The van der Waals surface area contributed by atoms with E-state index in [2.05, 4.69) is 29.0 Å². The van der Waals surface area contributed by atoms with Crippen molar-refractivity contribution in [1.29, 1.82) is 0 Å². The van der Waals surface area contributed by atoms with Gasteiger partial charge in [-0.05, 0) is 63.5 Å². The van der Waals surface area contributed by atoms with E-state index >= 15 is 0 Å². The second-order valence-corrected chi connectivity index (χ2v) is 8.33. The molecule has 0 radical (unpaired) electrons. The number of piperidine rings is 1. The lowest BCUT2D eigenvalue weighted by atomic mass is 9.73. The van der Waals surface area contributed by atoms with Crippen molar-refractivity contribution < 1.29 is 0 Å². The summed E-state index contributed by atoms with van der Waals surface area (Å²) in [4.78, 5) is 10.2. The topological polar surface area (TPSA) is 30.9 Å². The van der Waals surface area contributed by atoms with E-state index in [-0.39, 0.29) is 24.0 Å². The molecule has 146 valence electrons. The molecule has 2 heterocycles. The van der Waals surface area contributed by atoms with Gasteiger partial charge in [-0.25, -0.2) is 0 Å². The van der Waals surface area contributed by atoms with Gasteiger partial charge in [0.2, 0.25) is 0 Å². The van der Waals surface area contributed by atoms with Crippen molar-refractivity contribution in [2.75, 3.05) is 45.8 Å². The average molecular weight is 462 g/mol. The normalized spacial score (nSPS) is 27.4. The van der Waals surface area contributed by atoms with Crippen molar-refractivity contribution in [3.63, 3.8) is 0 Å². The Morgan fingerprint density at radius 2 is 1.88 bits per heavy atom. The highest BCUT2D eigenvalue weighted by Crippen LogP contribution is 2.43. The third-order valence-electron chi connectivity index (χ3n) is 6.54. The predicted octanol–water partition coefficient (Wildman–Crippen LogP) is 3.96. The van der Waals surface area contributed by atoms with Crippen LogP contribution in [0.1, 0.15) is 65.2 Å². The van der Waals surface area contributed by atoms with Crippen LogP contribution in [-0.2, 0) is 0 Å². The summed E-state index contributed by atoms with van der Waals surface area (Å²) in [6, 6.07) is 0. The fourth-order valence-electron chi connectivity index (χ4n) is 5.05. The maximum atomic E-state index is 5.07. The first-order valence-electron chi connectivity index (χ1n) is 10.5. The van der Waals surface area contributed by atoms with E-state index in [0.717, 1.165) is 19.0 Å². The molecule has 0 bridgehead atoms. The fraction of sp³-hybridized carbons (Fsp3) is 0.950. The van der Waals surface area contributed by atoms with Crippen LogP contribution in [0.15, 0.2) is 4.99 Å². The number of rotatable bonds is 4. The Kier molecular flexibility index (Phi) is 8.79. The van der Waals surface area contributed by atoms with Crippen LogP contribution in [0.25, 0.3) is 0 Å². The van der Waals surface area contributed by atoms with E-state index in [9.17, 15) is 0 Å². The number of nitrogens with one attached hydrogen (secondary N) is 1. The summed E-state index contributed by atoms with van der Waals surface area (Å²) in [7, 11) is 0. The molecule has 0 aromatic rings. The molecule has 1 saturated carbocycles. The molecule has 3 fully saturated rings. The van der Waals surface area contributed by atoms with Gasteiger partial charge in [-0.1, -0.05) is 26.2 Å². The molecule has 2 saturated heterocycles. The number of aliphatic imine (C=N–C) groups is 1. The maximum absolute atomic E-state index is 5.07. The van der Waals surface area contributed by atoms with E-state index in [0.29, 0.717) is 5.41 Å². The predicted molar refractivity (Wildman–Crippen MR) is 118 cm³/mol. The van der Waals surface area contributed by atoms with E-state index in [1.54, 1.807) is 0 Å². The van der Waals surface area contributed by atoms with Gasteiger partial charge in [0, 0.05) is 32.7 Å². The lowest BCUT2D eigenvalue weighted by Crippen LogP contribution is -2.42. The molecular formula is C20H39IN4. The average Bonchev–Trinajstić information content (AvgIpc) is 3.02. The molecule has 2 aliphatic heterocycles. The van der Waals surface area contributed by atoms with Gasteiger partial charge in [-0.2, -0.15) is 0 Å². The summed E-state index contributed by atoms with van der Waals surface area (Å²) >= 11 is 0. The van der Waals surface area contributed by atoms with E-state index in [1.807, 2.05) is 0 Å². The standard InChI is InChI=1S/C20H38N4.HI/c1-3-21-19(22-15-18-9-8-13-23(4-2)16-18)24-14-12-20(17-24)10-6-5-7-11-20;/h18H,3-17H2,1-2H3,(H,21,22);1H. The molecule has 5 heteroatoms. The lowest BCUT2D eigenvalue weighted by molar-refractivity contribution is 0.186. The molecule has 25 heavy (non-hydrogen) atoms. The number of guanidine groups is 1. The van der Waals surface area contributed by atoms with Gasteiger partial charge in [0.25, 0.3) is 0 Å². The van der Waals surface area contributed by atoms with Gasteiger partial charge in [0.1, 0.15) is 0 Å². The smallest absolute Gasteiger partial charge is 0.193 e. The second kappa shape index (κ2) is 10.3. The Morgan fingerprint density at radius 1 is 1.08 bits per heavy atom. The number of halogens is 1. The van der Waals surface area contributed by atoms with Crippen molar-refractivity contribution >= 4 is 29.9 Å². The summed E-state index contributed by atoms with van der Waals surface area (Å²) in [5.41, 5.74) is 0.609. The number of hydrogen-bond donors (Lipinski definition) is 1. The third kappa shape index (κ3) is 5.72. The van der Waals surface area contributed by atoms with Crippen LogP contribution in [0.5, 0.6) is 0 Å². The highest BCUT2D eigenvalue weighted by atomic mass is 127. The van der Waals surface area contributed by atoms with Crippen LogP contribution in [0, 0.1) is 11.3 Å². The minimum absolute atomic E-state index is 0. The van der Waals surface area contributed by atoms with Crippen LogP contribution >= 0.6 is 24.0 Å². The number of nitrogens with zero attached hydrogens (tertiary/aromatic N) is 3. The molecule has 1 aliphatic carbocycles. The van der Waals surface area contributed by atoms with Gasteiger partial charge in [-0.15, -0.1) is 24.0 Å². The fourth-order valence-corrected chi connectivity index (χ4v) is 5.05. The Hall–Kier alpha value is -0.0400. The van der Waals surface area contributed by atoms with E-state index in [1.165, 1.54) is 90.0 Å². The molecule has 3 rings (SSSR count). The summed E-state index contributed by atoms with van der Waals surface area (Å²) < 4.78 is 0. The quantitative estimate of drug-likeness (QED) is 0.390. The van der Waals surface area contributed by atoms with E-state index < -0.39 is 0 Å². The number of likely N-dealkylation sites (tertiary alicyclic amines) is 2. The first-order chi connectivity index (χ1) is 11.7. The number of hydrogen-bond acceptors (Lipinski definition) is 2. The molecule has 1 unspecified atom stereocenters. The molecule has 0 amide bonds. The van der Waals surface area contributed by atoms with E-state index in [4.69, 9.17) is 4.99 Å². The van der Waals surface area contributed by atoms with Gasteiger partial charge in [0.05, 0.1) is 0 Å². The highest BCUT2D eigenvalue weighted by molar-refractivity contribution is 14.0. The molecule has 1 atom stereocenters. The van der Waals surface area contributed by atoms with Crippen molar-refractivity contribution in [2.24, 2.45) is 16.3 Å². The second-order valence-electron chi connectivity index (χ2n) is 8.33. The van der Waals surface area contributed by atoms with Crippen LogP contribution in [0.4, 0.5) is 0 Å². The Bertz CT molecular complexity index is 420. The first kappa shape index (κ1) is 21.3. The van der Waals surface area contributed by atoms with Crippen molar-refractivity contribution in [1.82, 2.24) is 15.1 Å². The zero-order valence-corrected chi connectivity index (χ0v) is 18.8. The Morgan fingerprint density at radius 3 is 2.60 bits per heavy atom. The zero-order valence-electron chi connectivity index (χ0n) is 16.4. The minimum atomic E-state index is 0. The van der Waals surface area contributed by atoms with Gasteiger partial charge in [0.15, 0.2) is 5.96 Å². The third-order valence-corrected chi connectivity index (χ3v) is 6.54. The monoisotopic (exact) mass is 462 g/mol. The van der Waals surface area contributed by atoms with Crippen molar-refractivity contribution in [3.05, 3.63) is 0 Å². The molecular weight excluding hydrogens is 423 g/mol. The largest absolute Gasteiger partial charge is 0.357 e. The highest BCUT2D eigenvalue weighted by Gasteiger charge is 2.39. The molecule has 1 N–H and O–H groups in total. The van der Waals surface area contributed by atoms with Crippen LogP contribution in [0.2, 0.25) is 0 Å². The van der Waals surface area contributed by atoms with Gasteiger partial charge < -0.3 is 15.1 Å². The molecule has 4 nitrogen and oxygen atoms in total. The zero-order chi connectivity index (χ0) is 16.8. The Labute approximate surface area is 172 Å². The molecule has 0 aromatic carbocycles. The summed E-state index contributed by atoms with van der Waals surface area (Å²) in [6.45, 7) is 12.6. The van der Waals surface area contributed by atoms with Gasteiger partial charge in [-0.3, -0.25) is 4.99 Å². The molecule has 0 aromatic heterocycles. The van der Waals surface area contributed by atoms with Crippen molar-refractivity contribution in [3.8, 4) is 0 Å². The summed E-state index contributed by atoms with van der Waals surface area (Å²) in [6.07, 6.45) is 11.3. The van der Waals surface area contributed by atoms with Crippen LogP contribution < -0.4 is 5.32 Å². The van der Waals surface area contributed by atoms with Gasteiger partial charge >= 0.3 is 0 Å². The SMILES string of the molecule is CCNC(=NCC1CCCN(CC)C1)N1CCC2(CCCCC2)C1.I. The summed E-state index contributed by atoms with van der Waals surface area (Å²) in [5.74, 6) is 1.94.